The van der Waals surface area contributed by atoms with Crippen molar-refractivity contribution in [3.63, 3.8) is 0 Å². The number of rotatable bonds is 3. The average Bonchev–Trinajstić information content (AvgIpc) is 2.64. The summed E-state index contributed by atoms with van der Waals surface area (Å²) in [5, 5.41) is 0. The molecular formula is C12H19NP2. The number of benzene rings is 1. The van der Waals surface area contributed by atoms with Gasteiger partial charge >= 0.3 is 0 Å². The fourth-order valence-electron chi connectivity index (χ4n) is 2.29. The van der Waals surface area contributed by atoms with Crippen LogP contribution in [-0.4, -0.2) is 24.4 Å². The molecule has 1 fully saturated rings. The highest BCUT2D eigenvalue weighted by Gasteiger charge is 2.34. The van der Waals surface area contributed by atoms with Gasteiger partial charge in [-0.1, -0.05) is 45.5 Å². The molecule has 1 nitrogen and oxygen atoms in total. The van der Waals surface area contributed by atoms with E-state index in [2.05, 4.69) is 48.6 Å². The fraction of sp³-hybridized carbons (Fsp3) is 0.500. The zero-order valence-electron chi connectivity index (χ0n) is 9.46. The van der Waals surface area contributed by atoms with Gasteiger partial charge in [-0.15, -0.1) is 0 Å². The summed E-state index contributed by atoms with van der Waals surface area (Å²) >= 11 is 0. The second kappa shape index (κ2) is 4.91. The Kier molecular flexibility index (Phi) is 3.78. The van der Waals surface area contributed by atoms with E-state index in [1.165, 1.54) is 25.1 Å². The van der Waals surface area contributed by atoms with E-state index >= 15 is 0 Å². The molecule has 1 aromatic rings. The molecule has 1 aliphatic rings. The molecule has 0 amide bonds. The van der Waals surface area contributed by atoms with E-state index in [1.807, 2.05) is 0 Å². The highest BCUT2D eigenvalue weighted by atomic mass is 32.0. The second-order valence-corrected chi connectivity index (χ2v) is 7.99. The molecule has 1 aromatic carbocycles. The van der Waals surface area contributed by atoms with Crippen LogP contribution in [0.4, 0.5) is 0 Å². The van der Waals surface area contributed by atoms with Crippen molar-refractivity contribution >= 4 is 16.7 Å². The minimum atomic E-state index is 0.397. The van der Waals surface area contributed by atoms with E-state index < -0.39 is 0 Å². The van der Waals surface area contributed by atoms with Crippen molar-refractivity contribution in [2.75, 3.05) is 19.8 Å². The largest absolute Gasteiger partial charge is 0.280 e. The normalized spacial score (nSPS) is 28.7. The van der Waals surface area contributed by atoms with Crippen molar-refractivity contribution in [1.29, 1.82) is 0 Å². The Morgan fingerprint density at radius 1 is 1.27 bits per heavy atom. The smallest absolute Gasteiger partial charge is 0.0117 e. The zero-order chi connectivity index (χ0) is 10.7. The van der Waals surface area contributed by atoms with Crippen LogP contribution in [0.1, 0.15) is 18.9 Å². The van der Waals surface area contributed by atoms with Crippen LogP contribution in [0.2, 0.25) is 0 Å². The van der Waals surface area contributed by atoms with E-state index in [4.69, 9.17) is 0 Å². The average molecular weight is 239 g/mol. The Labute approximate surface area is 96.2 Å². The van der Waals surface area contributed by atoms with Crippen molar-refractivity contribution in [2.24, 2.45) is 0 Å². The first-order chi connectivity index (χ1) is 7.24. The lowest BCUT2D eigenvalue weighted by atomic mass is 9.82. The van der Waals surface area contributed by atoms with Crippen LogP contribution in [0.25, 0.3) is 0 Å². The molecule has 0 spiro atoms. The standard InChI is InChI=1S/C12H19NP2/c1-12(11-6-4-3-5-7-11)8-9-13(10-12)15-14-2/h3-7,14-15H,8-10H2,1-2H3/t12-/m1/s1. The molecule has 2 rings (SSSR count). The van der Waals surface area contributed by atoms with Crippen LogP contribution in [0.5, 0.6) is 0 Å². The molecule has 1 heterocycles. The zero-order valence-corrected chi connectivity index (χ0v) is 11.5. The van der Waals surface area contributed by atoms with Crippen LogP contribution in [0, 0.1) is 0 Å². The summed E-state index contributed by atoms with van der Waals surface area (Å²) in [7, 11) is 2.12. The van der Waals surface area contributed by atoms with Gasteiger partial charge in [0.25, 0.3) is 0 Å². The third-order valence-corrected chi connectivity index (χ3v) is 5.76. The summed E-state index contributed by atoms with van der Waals surface area (Å²) < 4.78 is 2.63. The molecule has 2 unspecified atom stereocenters. The SMILES string of the molecule is CPPN1CC[C@@](C)(c2ccccc2)C1. The molecule has 0 N–H and O–H groups in total. The summed E-state index contributed by atoms with van der Waals surface area (Å²) in [4.78, 5) is 0. The van der Waals surface area contributed by atoms with Gasteiger partial charge in [0, 0.05) is 18.5 Å². The van der Waals surface area contributed by atoms with Crippen molar-refractivity contribution in [3.05, 3.63) is 35.9 Å². The lowest BCUT2D eigenvalue weighted by molar-refractivity contribution is 0.481. The van der Waals surface area contributed by atoms with Crippen molar-refractivity contribution in [1.82, 2.24) is 4.67 Å². The van der Waals surface area contributed by atoms with Gasteiger partial charge in [-0.25, -0.2) is 0 Å². The third-order valence-electron chi connectivity index (χ3n) is 3.21. The van der Waals surface area contributed by atoms with Crippen LogP contribution in [0.3, 0.4) is 0 Å². The minimum Gasteiger partial charge on any atom is -0.280 e. The van der Waals surface area contributed by atoms with Gasteiger partial charge in [-0.3, -0.25) is 4.67 Å². The molecule has 0 radical (unpaired) electrons. The van der Waals surface area contributed by atoms with E-state index in [0.717, 1.165) is 16.7 Å². The van der Waals surface area contributed by atoms with Gasteiger partial charge in [-0.2, -0.15) is 0 Å². The van der Waals surface area contributed by atoms with Gasteiger partial charge in [-0.05, 0) is 27.1 Å². The Balaban J connectivity index is 2.10. The topological polar surface area (TPSA) is 3.24 Å². The van der Waals surface area contributed by atoms with Crippen molar-refractivity contribution in [3.8, 4) is 0 Å². The van der Waals surface area contributed by atoms with Crippen molar-refractivity contribution in [2.45, 2.75) is 18.8 Å². The molecule has 3 atom stereocenters. The van der Waals surface area contributed by atoms with E-state index in [-0.39, 0.29) is 0 Å². The van der Waals surface area contributed by atoms with Gasteiger partial charge in [0.05, 0.1) is 0 Å². The van der Waals surface area contributed by atoms with Crippen molar-refractivity contribution < 1.29 is 0 Å². The van der Waals surface area contributed by atoms with E-state index in [1.54, 1.807) is 0 Å². The van der Waals surface area contributed by atoms with Gasteiger partial charge in [0.15, 0.2) is 0 Å². The molecule has 3 heteroatoms. The Morgan fingerprint density at radius 3 is 2.67 bits per heavy atom. The van der Waals surface area contributed by atoms with Crippen LogP contribution in [0.15, 0.2) is 30.3 Å². The van der Waals surface area contributed by atoms with E-state index in [9.17, 15) is 0 Å². The number of hydrogen-bond donors (Lipinski definition) is 0. The monoisotopic (exact) mass is 239 g/mol. The maximum absolute atomic E-state index is 2.63. The third kappa shape index (κ3) is 2.59. The quantitative estimate of drug-likeness (QED) is 0.730. The number of nitrogens with zero attached hydrogens (tertiary/aromatic N) is 1. The van der Waals surface area contributed by atoms with Gasteiger partial charge in [0.2, 0.25) is 0 Å². The Bertz CT molecular complexity index is 315. The summed E-state index contributed by atoms with van der Waals surface area (Å²) in [6.45, 7) is 7.24. The highest BCUT2D eigenvalue weighted by Crippen LogP contribution is 2.45. The maximum Gasteiger partial charge on any atom is 0.0117 e. The lowest BCUT2D eigenvalue weighted by Gasteiger charge is -2.25. The van der Waals surface area contributed by atoms with Gasteiger partial charge < -0.3 is 0 Å². The van der Waals surface area contributed by atoms with Crippen LogP contribution < -0.4 is 0 Å². The molecule has 0 bridgehead atoms. The van der Waals surface area contributed by atoms with Crippen LogP contribution in [-0.2, 0) is 5.41 Å². The minimum absolute atomic E-state index is 0.397. The maximum atomic E-state index is 2.63. The summed E-state index contributed by atoms with van der Waals surface area (Å²) in [5.74, 6) is 0. The molecule has 1 saturated heterocycles. The molecule has 1 aliphatic heterocycles. The number of hydrogen-bond acceptors (Lipinski definition) is 1. The lowest BCUT2D eigenvalue weighted by Crippen LogP contribution is -2.24. The molecule has 82 valence electrons. The molecule has 15 heavy (non-hydrogen) atoms. The molecule has 0 aliphatic carbocycles. The Morgan fingerprint density at radius 2 is 2.00 bits per heavy atom. The summed E-state index contributed by atoms with van der Waals surface area (Å²) in [6.07, 6.45) is 1.31. The first-order valence-corrected chi connectivity index (χ1v) is 8.92. The highest BCUT2D eigenvalue weighted by molar-refractivity contribution is 8.10. The van der Waals surface area contributed by atoms with Gasteiger partial charge in [0.1, 0.15) is 0 Å². The first kappa shape index (κ1) is 11.5. The Hall–Kier alpha value is 0.0400. The molecule has 0 aromatic heterocycles. The van der Waals surface area contributed by atoms with E-state index in [0.29, 0.717) is 5.41 Å². The fourth-order valence-corrected chi connectivity index (χ4v) is 4.78. The van der Waals surface area contributed by atoms with Crippen LogP contribution >= 0.6 is 16.7 Å². The predicted octanol–water partition coefficient (Wildman–Crippen LogP) is 3.47. The molecule has 0 saturated carbocycles. The summed E-state index contributed by atoms with van der Waals surface area (Å²) in [5.41, 5.74) is 1.91. The predicted molar refractivity (Wildman–Crippen MR) is 72.5 cm³/mol. The summed E-state index contributed by atoms with van der Waals surface area (Å²) in [6, 6.07) is 11.0. The molecular weight excluding hydrogens is 220 g/mol. The second-order valence-electron chi connectivity index (χ2n) is 4.46. The first-order valence-electron chi connectivity index (χ1n) is 5.47.